The Hall–Kier alpha value is -3.11. The van der Waals surface area contributed by atoms with E-state index in [9.17, 15) is 4.79 Å². The van der Waals surface area contributed by atoms with Crippen LogP contribution >= 0.6 is 11.3 Å². The van der Waals surface area contributed by atoms with Gasteiger partial charge in [-0.3, -0.25) is 10.3 Å². The quantitative estimate of drug-likeness (QED) is 0.680. The van der Waals surface area contributed by atoms with Crippen molar-refractivity contribution in [1.29, 1.82) is 0 Å². The molecule has 0 saturated carbocycles. The van der Waals surface area contributed by atoms with E-state index in [-0.39, 0.29) is 6.03 Å². The van der Waals surface area contributed by atoms with E-state index in [1.807, 2.05) is 30.3 Å². The minimum atomic E-state index is -0.339. The average molecular weight is 397 g/mol. The third kappa shape index (κ3) is 4.59. The molecule has 0 aliphatic carbocycles. The standard InChI is InChI=1S/C18H19N7O2S/c26-17(22-18-24-23-16(28-18)14-3-1-2-5-19-14)21-12-13-4-6-20-15(11-13)25-7-9-27-10-8-25/h1-6,11H,7-10,12H2,(H2,21,22,24,26). The maximum Gasteiger partial charge on any atom is 0.321 e. The Kier molecular flexibility index (Phi) is 5.69. The van der Waals surface area contributed by atoms with Gasteiger partial charge in [0.15, 0.2) is 5.01 Å². The highest BCUT2D eigenvalue weighted by Gasteiger charge is 2.13. The second-order valence-electron chi connectivity index (χ2n) is 6.06. The van der Waals surface area contributed by atoms with E-state index in [0.29, 0.717) is 29.9 Å². The van der Waals surface area contributed by atoms with Crippen molar-refractivity contribution >= 4 is 28.3 Å². The molecule has 10 heteroatoms. The zero-order valence-corrected chi connectivity index (χ0v) is 15.9. The van der Waals surface area contributed by atoms with Gasteiger partial charge in [0.2, 0.25) is 5.13 Å². The van der Waals surface area contributed by atoms with Crippen LogP contribution in [0.4, 0.5) is 15.7 Å². The lowest BCUT2D eigenvalue weighted by molar-refractivity contribution is 0.122. The summed E-state index contributed by atoms with van der Waals surface area (Å²) in [7, 11) is 0. The zero-order valence-electron chi connectivity index (χ0n) is 15.0. The van der Waals surface area contributed by atoms with E-state index in [2.05, 4.69) is 35.7 Å². The number of anilines is 2. The summed E-state index contributed by atoms with van der Waals surface area (Å²) < 4.78 is 5.37. The molecule has 4 rings (SSSR count). The average Bonchev–Trinajstić information content (AvgIpc) is 3.22. The maximum absolute atomic E-state index is 12.2. The number of rotatable bonds is 5. The zero-order chi connectivity index (χ0) is 19.2. The fourth-order valence-corrected chi connectivity index (χ4v) is 3.44. The number of ether oxygens (including phenoxy) is 1. The van der Waals surface area contributed by atoms with E-state index < -0.39 is 0 Å². The SMILES string of the molecule is O=C(NCc1ccnc(N2CCOCC2)c1)Nc1nnc(-c2ccccn2)s1. The molecule has 0 aromatic carbocycles. The van der Waals surface area contributed by atoms with Gasteiger partial charge in [-0.25, -0.2) is 9.78 Å². The van der Waals surface area contributed by atoms with E-state index in [1.165, 1.54) is 11.3 Å². The molecule has 2 amide bonds. The summed E-state index contributed by atoms with van der Waals surface area (Å²) in [5.74, 6) is 0.895. The highest BCUT2D eigenvalue weighted by atomic mass is 32.1. The molecule has 3 aromatic rings. The predicted octanol–water partition coefficient (Wildman–Crippen LogP) is 2.15. The third-order valence-electron chi connectivity index (χ3n) is 4.13. The molecule has 1 aliphatic rings. The molecule has 1 saturated heterocycles. The second-order valence-corrected chi connectivity index (χ2v) is 7.03. The van der Waals surface area contributed by atoms with Gasteiger partial charge in [-0.05, 0) is 29.8 Å². The first-order valence-electron chi connectivity index (χ1n) is 8.85. The van der Waals surface area contributed by atoms with Crippen molar-refractivity contribution in [3.63, 3.8) is 0 Å². The monoisotopic (exact) mass is 397 g/mol. The minimum absolute atomic E-state index is 0.339. The maximum atomic E-state index is 12.2. The largest absolute Gasteiger partial charge is 0.378 e. The highest BCUT2D eigenvalue weighted by Crippen LogP contribution is 2.24. The predicted molar refractivity (Wildman–Crippen MR) is 106 cm³/mol. The van der Waals surface area contributed by atoms with Crippen LogP contribution in [0, 0.1) is 0 Å². The number of nitrogens with one attached hydrogen (secondary N) is 2. The molecule has 28 heavy (non-hydrogen) atoms. The van der Waals surface area contributed by atoms with E-state index in [4.69, 9.17) is 4.74 Å². The Morgan fingerprint density at radius 2 is 2.04 bits per heavy atom. The van der Waals surface area contributed by atoms with Crippen molar-refractivity contribution in [2.45, 2.75) is 6.54 Å². The van der Waals surface area contributed by atoms with E-state index in [1.54, 1.807) is 12.4 Å². The number of nitrogens with zero attached hydrogens (tertiary/aromatic N) is 5. The first kappa shape index (κ1) is 18.3. The topological polar surface area (TPSA) is 105 Å². The molecule has 4 heterocycles. The van der Waals surface area contributed by atoms with Gasteiger partial charge in [-0.2, -0.15) is 0 Å². The summed E-state index contributed by atoms with van der Waals surface area (Å²) in [4.78, 5) is 23.0. The summed E-state index contributed by atoms with van der Waals surface area (Å²) in [6.45, 7) is 3.43. The molecular weight excluding hydrogens is 378 g/mol. The van der Waals surface area contributed by atoms with Gasteiger partial charge in [-0.15, -0.1) is 10.2 Å². The number of urea groups is 1. The lowest BCUT2D eigenvalue weighted by atomic mass is 10.2. The van der Waals surface area contributed by atoms with E-state index >= 15 is 0 Å². The fraction of sp³-hybridized carbons (Fsp3) is 0.278. The summed E-state index contributed by atoms with van der Waals surface area (Å²) >= 11 is 1.27. The van der Waals surface area contributed by atoms with Gasteiger partial charge < -0.3 is 15.0 Å². The first-order chi connectivity index (χ1) is 13.8. The van der Waals surface area contributed by atoms with Gasteiger partial charge in [0.25, 0.3) is 0 Å². The van der Waals surface area contributed by atoms with Gasteiger partial charge >= 0.3 is 6.03 Å². The number of amides is 2. The summed E-state index contributed by atoms with van der Waals surface area (Å²) in [6, 6.07) is 9.09. The molecule has 0 unspecified atom stereocenters. The molecule has 0 radical (unpaired) electrons. The van der Waals surface area contributed by atoms with E-state index in [0.717, 1.165) is 30.2 Å². The van der Waals surface area contributed by atoms with Crippen LogP contribution < -0.4 is 15.5 Å². The Bertz CT molecular complexity index is 928. The number of carbonyl (C=O) groups is 1. The lowest BCUT2D eigenvalue weighted by Gasteiger charge is -2.28. The van der Waals surface area contributed by atoms with Crippen LogP contribution in [-0.2, 0) is 11.3 Å². The molecule has 0 bridgehead atoms. The van der Waals surface area contributed by atoms with Crippen molar-refractivity contribution in [2.24, 2.45) is 0 Å². The molecule has 3 aromatic heterocycles. The molecule has 144 valence electrons. The minimum Gasteiger partial charge on any atom is -0.378 e. The van der Waals surface area contributed by atoms with Crippen LogP contribution in [0.1, 0.15) is 5.56 Å². The number of morpholine rings is 1. The number of hydrogen-bond donors (Lipinski definition) is 2. The molecule has 1 aliphatic heterocycles. The van der Waals surface area contributed by atoms with Crippen LogP contribution in [-0.4, -0.2) is 52.5 Å². The number of carbonyl (C=O) groups excluding carboxylic acids is 1. The number of hydrogen-bond acceptors (Lipinski definition) is 8. The van der Waals surface area contributed by atoms with Gasteiger partial charge in [0, 0.05) is 32.0 Å². The Balaban J connectivity index is 1.32. The molecular formula is C18H19N7O2S. The molecule has 1 fully saturated rings. The summed E-state index contributed by atoms with van der Waals surface area (Å²) in [5, 5.41) is 14.7. The molecule has 2 N–H and O–H groups in total. The van der Waals surface area contributed by atoms with Gasteiger partial charge in [0.1, 0.15) is 11.5 Å². The first-order valence-corrected chi connectivity index (χ1v) is 9.67. The normalized spacial score (nSPS) is 13.9. The Morgan fingerprint density at radius 1 is 1.14 bits per heavy atom. The molecule has 0 spiro atoms. The smallest absolute Gasteiger partial charge is 0.321 e. The Morgan fingerprint density at radius 3 is 2.86 bits per heavy atom. The van der Waals surface area contributed by atoms with Crippen molar-refractivity contribution < 1.29 is 9.53 Å². The van der Waals surface area contributed by atoms with Gasteiger partial charge in [0.05, 0.1) is 13.2 Å². The van der Waals surface area contributed by atoms with Crippen molar-refractivity contribution in [3.8, 4) is 10.7 Å². The molecule has 0 atom stereocenters. The van der Waals surface area contributed by atoms with Gasteiger partial charge in [-0.1, -0.05) is 17.4 Å². The van der Waals surface area contributed by atoms with Crippen LogP contribution in [0.3, 0.4) is 0 Å². The number of pyridine rings is 2. The van der Waals surface area contributed by atoms with Crippen molar-refractivity contribution in [2.75, 3.05) is 36.5 Å². The fourth-order valence-electron chi connectivity index (χ4n) is 2.73. The number of aromatic nitrogens is 4. The highest BCUT2D eigenvalue weighted by molar-refractivity contribution is 7.18. The molecule has 9 nitrogen and oxygen atoms in total. The van der Waals surface area contributed by atoms with Crippen LogP contribution in [0.5, 0.6) is 0 Å². The summed E-state index contributed by atoms with van der Waals surface area (Å²) in [6.07, 6.45) is 3.44. The van der Waals surface area contributed by atoms with Crippen LogP contribution in [0.15, 0.2) is 42.7 Å². The Labute approximate surface area is 165 Å². The lowest BCUT2D eigenvalue weighted by Crippen LogP contribution is -2.36. The second kappa shape index (κ2) is 8.72. The van der Waals surface area contributed by atoms with Crippen LogP contribution in [0.2, 0.25) is 0 Å². The van der Waals surface area contributed by atoms with Crippen molar-refractivity contribution in [3.05, 3.63) is 48.3 Å². The third-order valence-corrected chi connectivity index (χ3v) is 4.99. The van der Waals surface area contributed by atoms with Crippen molar-refractivity contribution in [1.82, 2.24) is 25.5 Å². The summed E-state index contributed by atoms with van der Waals surface area (Å²) in [5.41, 5.74) is 1.69. The van der Waals surface area contributed by atoms with Crippen LogP contribution in [0.25, 0.3) is 10.7 Å².